The van der Waals surface area contributed by atoms with Crippen LogP contribution in [0.5, 0.6) is 17.2 Å². The van der Waals surface area contributed by atoms with E-state index in [0.717, 1.165) is 54.4 Å². The monoisotopic (exact) mass is 366 g/mol. The maximum Gasteiger partial charge on any atom is 0.283 e. The number of fused-ring (bicyclic) bond motifs is 4. The molecule has 6 heteroatoms. The lowest BCUT2D eigenvalue weighted by molar-refractivity contribution is 0.0493. The van der Waals surface area contributed by atoms with E-state index in [1.165, 1.54) is 0 Å². The first kappa shape index (κ1) is 16.4. The molecule has 2 N–H and O–H groups in total. The maximum atomic E-state index is 6.28. The molecule has 6 nitrogen and oxygen atoms in total. The number of aliphatic imine (C=N–C) groups is 1. The molecule has 1 spiro atoms. The van der Waals surface area contributed by atoms with Crippen molar-refractivity contribution in [1.82, 2.24) is 0 Å². The van der Waals surface area contributed by atoms with Gasteiger partial charge in [-0.05, 0) is 37.0 Å². The van der Waals surface area contributed by atoms with Crippen LogP contribution in [-0.4, -0.2) is 32.4 Å². The topological polar surface area (TPSA) is 75.3 Å². The van der Waals surface area contributed by atoms with Crippen molar-refractivity contribution in [3.05, 3.63) is 53.6 Å². The Balaban J connectivity index is 1.56. The number of hydrogen-bond donors (Lipinski definition) is 1. The van der Waals surface area contributed by atoms with Crippen LogP contribution in [0, 0.1) is 5.92 Å². The Morgan fingerprint density at radius 2 is 1.89 bits per heavy atom. The number of benzene rings is 2. The van der Waals surface area contributed by atoms with Crippen LogP contribution < -0.4 is 15.2 Å². The second-order valence-corrected chi connectivity index (χ2v) is 7.19. The van der Waals surface area contributed by atoms with Crippen molar-refractivity contribution in [1.29, 1.82) is 0 Å². The van der Waals surface area contributed by atoms with Gasteiger partial charge in [-0.15, -0.1) is 0 Å². The number of amidine groups is 1. The van der Waals surface area contributed by atoms with E-state index in [0.29, 0.717) is 19.1 Å². The first-order valence-electron chi connectivity index (χ1n) is 9.36. The average Bonchev–Trinajstić information content (AvgIpc) is 3.09. The van der Waals surface area contributed by atoms with Crippen LogP contribution in [0.15, 0.2) is 47.5 Å². The first-order valence-corrected chi connectivity index (χ1v) is 9.36. The summed E-state index contributed by atoms with van der Waals surface area (Å²) in [5.74, 6) is 2.78. The normalized spacial score (nSPS) is 23.8. The zero-order chi connectivity index (χ0) is 18.3. The van der Waals surface area contributed by atoms with Crippen molar-refractivity contribution in [2.75, 3.05) is 26.4 Å². The van der Waals surface area contributed by atoms with E-state index in [9.17, 15) is 0 Å². The molecule has 140 valence electrons. The molecule has 0 saturated carbocycles. The Morgan fingerprint density at radius 1 is 1.07 bits per heavy atom. The van der Waals surface area contributed by atoms with E-state index >= 15 is 0 Å². The molecule has 0 amide bonds. The number of rotatable bonds is 3. The summed E-state index contributed by atoms with van der Waals surface area (Å²) in [5, 5.41) is 0. The minimum Gasteiger partial charge on any atom is -0.493 e. The SMILES string of the molecule is NC1=NC2(CO1)c1ccccc1Oc1cccc(OCC3CCOCC3)c12. The van der Waals surface area contributed by atoms with Crippen molar-refractivity contribution < 1.29 is 18.9 Å². The van der Waals surface area contributed by atoms with Gasteiger partial charge in [0.15, 0.2) is 5.54 Å². The Morgan fingerprint density at radius 3 is 2.70 bits per heavy atom. The van der Waals surface area contributed by atoms with Gasteiger partial charge < -0.3 is 24.7 Å². The quantitative estimate of drug-likeness (QED) is 0.903. The van der Waals surface area contributed by atoms with E-state index in [-0.39, 0.29) is 6.02 Å². The Labute approximate surface area is 157 Å². The molecular weight excluding hydrogens is 344 g/mol. The number of nitrogens with two attached hydrogens (primary N) is 1. The van der Waals surface area contributed by atoms with Gasteiger partial charge in [-0.1, -0.05) is 24.3 Å². The van der Waals surface area contributed by atoms with Gasteiger partial charge in [-0.3, -0.25) is 0 Å². The predicted molar refractivity (Wildman–Crippen MR) is 100 cm³/mol. The maximum absolute atomic E-state index is 6.28. The second-order valence-electron chi connectivity index (χ2n) is 7.19. The van der Waals surface area contributed by atoms with Gasteiger partial charge in [0.25, 0.3) is 6.02 Å². The molecule has 5 rings (SSSR count). The lowest BCUT2D eigenvalue weighted by Gasteiger charge is -2.34. The third kappa shape index (κ3) is 2.72. The van der Waals surface area contributed by atoms with Crippen LogP contribution in [0.25, 0.3) is 0 Å². The first-order chi connectivity index (χ1) is 13.3. The zero-order valence-corrected chi connectivity index (χ0v) is 15.0. The minimum atomic E-state index is -0.736. The van der Waals surface area contributed by atoms with Gasteiger partial charge in [0.1, 0.15) is 23.9 Å². The van der Waals surface area contributed by atoms with Crippen molar-refractivity contribution in [3.63, 3.8) is 0 Å². The molecule has 3 heterocycles. The van der Waals surface area contributed by atoms with Crippen molar-refractivity contribution in [2.45, 2.75) is 18.4 Å². The summed E-state index contributed by atoms with van der Waals surface area (Å²) in [5.41, 5.74) is 7.02. The van der Waals surface area contributed by atoms with Crippen LogP contribution >= 0.6 is 0 Å². The van der Waals surface area contributed by atoms with E-state index in [4.69, 9.17) is 29.7 Å². The van der Waals surface area contributed by atoms with Gasteiger partial charge in [0, 0.05) is 18.8 Å². The third-order valence-corrected chi connectivity index (χ3v) is 5.50. The van der Waals surface area contributed by atoms with Crippen LogP contribution in [-0.2, 0) is 15.0 Å². The van der Waals surface area contributed by atoms with E-state index < -0.39 is 5.54 Å². The largest absolute Gasteiger partial charge is 0.493 e. The molecule has 27 heavy (non-hydrogen) atoms. The lowest BCUT2D eigenvalue weighted by Crippen LogP contribution is -2.32. The van der Waals surface area contributed by atoms with Crippen molar-refractivity contribution in [3.8, 4) is 17.2 Å². The van der Waals surface area contributed by atoms with Gasteiger partial charge >= 0.3 is 0 Å². The van der Waals surface area contributed by atoms with Gasteiger partial charge in [0.05, 0.1) is 12.2 Å². The van der Waals surface area contributed by atoms with Crippen LogP contribution in [0.2, 0.25) is 0 Å². The second kappa shape index (κ2) is 6.46. The standard InChI is InChI=1S/C21H22N2O4/c22-20-23-21(13-26-20)15-4-1-2-5-16(15)27-18-7-3-6-17(19(18)21)25-12-14-8-10-24-11-9-14/h1-7,14H,8-13H2,(H2,22,23). The molecular formula is C21H22N2O4. The van der Waals surface area contributed by atoms with Crippen molar-refractivity contribution >= 4 is 6.02 Å². The van der Waals surface area contributed by atoms with E-state index in [2.05, 4.69) is 0 Å². The highest BCUT2D eigenvalue weighted by atomic mass is 16.5. The number of para-hydroxylation sites is 1. The fourth-order valence-electron chi connectivity index (χ4n) is 4.09. The molecule has 3 aliphatic rings. The molecule has 3 aliphatic heterocycles. The number of nitrogens with zero attached hydrogens (tertiary/aromatic N) is 1. The summed E-state index contributed by atoms with van der Waals surface area (Å²) in [6, 6.07) is 13.9. The predicted octanol–water partition coefficient (Wildman–Crippen LogP) is 3.19. The summed E-state index contributed by atoms with van der Waals surface area (Å²) < 4.78 is 23.5. The number of ether oxygens (including phenoxy) is 4. The lowest BCUT2D eigenvalue weighted by atomic mass is 9.81. The summed E-state index contributed by atoms with van der Waals surface area (Å²) in [4.78, 5) is 4.71. The van der Waals surface area contributed by atoms with Crippen LogP contribution in [0.4, 0.5) is 0 Å². The summed E-state index contributed by atoms with van der Waals surface area (Å²) in [6.07, 6.45) is 2.04. The smallest absolute Gasteiger partial charge is 0.283 e. The average molecular weight is 366 g/mol. The van der Waals surface area contributed by atoms with Gasteiger partial charge in [-0.2, -0.15) is 0 Å². The highest BCUT2D eigenvalue weighted by molar-refractivity contribution is 5.77. The Kier molecular flexibility index (Phi) is 3.93. The Bertz CT molecular complexity index is 892. The molecule has 1 unspecified atom stereocenters. The fourth-order valence-corrected chi connectivity index (χ4v) is 4.09. The zero-order valence-electron chi connectivity index (χ0n) is 15.0. The van der Waals surface area contributed by atoms with Gasteiger partial charge in [0.2, 0.25) is 0 Å². The molecule has 2 aromatic rings. The third-order valence-electron chi connectivity index (χ3n) is 5.50. The minimum absolute atomic E-state index is 0.192. The molecule has 1 atom stereocenters. The molecule has 1 fully saturated rings. The fraction of sp³-hybridized carbons (Fsp3) is 0.381. The summed E-state index contributed by atoms with van der Waals surface area (Å²) in [6.45, 7) is 2.59. The highest BCUT2D eigenvalue weighted by Crippen LogP contribution is 2.53. The molecule has 2 aromatic carbocycles. The van der Waals surface area contributed by atoms with Crippen LogP contribution in [0.3, 0.4) is 0 Å². The molecule has 0 bridgehead atoms. The Hall–Kier alpha value is -2.73. The molecule has 0 radical (unpaired) electrons. The summed E-state index contributed by atoms with van der Waals surface area (Å²) in [7, 11) is 0. The number of hydrogen-bond acceptors (Lipinski definition) is 6. The molecule has 1 saturated heterocycles. The molecule has 0 aliphatic carbocycles. The van der Waals surface area contributed by atoms with Gasteiger partial charge in [-0.25, -0.2) is 4.99 Å². The van der Waals surface area contributed by atoms with Crippen LogP contribution in [0.1, 0.15) is 24.0 Å². The molecule has 0 aromatic heterocycles. The van der Waals surface area contributed by atoms with E-state index in [1.54, 1.807) is 0 Å². The van der Waals surface area contributed by atoms with E-state index in [1.807, 2.05) is 42.5 Å². The van der Waals surface area contributed by atoms with Crippen molar-refractivity contribution in [2.24, 2.45) is 16.6 Å². The summed E-state index contributed by atoms with van der Waals surface area (Å²) >= 11 is 0. The highest BCUT2D eigenvalue weighted by Gasteiger charge is 2.48.